The lowest BCUT2D eigenvalue weighted by Gasteiger charge is -2.23. The van der Waals surface area contributed by atoms with Crippen molar-refractivity contribution in [1.82, 2.24) is 15.3 Å². The van der Waals surface area contributed by atoms with E-state index in [9.17, 15) is 4.79 Å². The molecule has 1 aliphatic rings. The molecule has 0 spiro atoms. The van der Waals surface area contributed by atoms with E-state index < -0.39 is 0 Å². The van der Waals surface area contributed by atoms with Crippen molar-refractivity contribution >= 4 is 34.7 Å². The molecule has 0 saturated carbocycles. The first-order valence-corrected chi connectivity index (χ1v) is 10.3. The summed E-state index contributed by atoms with van der Waals surface area (Å²) in [6, 6.07) is 9.02. The number of fused-ring (bicyclic) bond motifs is 1. The van der Waals surface area contributed by atoms with Crippen molar-refractivity contribution in [2.24, 2.45) is 0 Å². The summed E-state index contributed by atoms with van der Waals surface area (Å²) in [5.74, 6) is 0.808. The summed E-state index contributed by atoms with van der Waals surface area (Å²) in [4.78, 5) is 20.5. The number of nitrogens with zero attached hydrogens (tertiary/aromatic N) is 1. The lowest BCUT2D eigenvalue weighted by molar-refractivity contribution is 0.0935. The van der Waals surface area contributed by atoms with Crippen LogP contribution in [-0.4, -0.2) is 43.2 Å². The number of nitrogen functional groups attached to an aromatic ring is 1. The maximum absolute atomic E-state index is 13.0. The van der Waals surface area contributed by atoms with Crippen LogP contribution in [0.1, 0.15) is 28.4 Å². The van der Waals surface area contributed by atoms with E-state index in [0.29, 0.717) is 46.7 Å². The van der Waals surface area contributed by atoms with E-state index >= 15 is 0 Å². The molecule has 0 saturated heterocycles. The fourth-order valence-corrected chi connectivity index (χ4v) is 4.12. The molecule has 31 heavy (non-hydrogen) atoms. The van der Waals surface area contributed by atoms with Crippen LogP contribution >= 0.6 is 11.6 Å². The molecule has 1 amide bonds. The zero-order chi connectivity index (χ0) is 22.0. The number of ether oxygens (including phenoxy) is 2. The number of hydrogen-bond donors (Lipinski definition) is 4. The molecule has 2 aromatic heterocycles. The average Bonchev–Trinajstić information content (AvgIpc) is 3.14. The van der Waals surface area contributed by atoms with Crippen LogP contribution < -0.4 is 21.1 Å². The van der Waals surface area contributed by atoms with Crippen molar-refractivity contribution in [3.05, 3.63) is 52.8 Å². The molecular formula is C22H24ClN5O3. The van der Waals surface area contributed by atoms with E-state index in [2.05, 4.69) is 20.6 Å². The average molecular weight is 442 g/mol. The number of carbonyl (C=O) groups is 1. The van der Waals surface area contributed by atoms with Crippen LogP contribution in [0.15, 0.2) is 36.5 Å². The van der Waals surface area contributed by atoms with Crippen LogP contribution in [0, 0.1) is 0 Å². The molecule has 1 unspecified atom stereocenters. The molecule has 0 aliphatic carbocycles. The molecule has 0 fully saturated rings. The molecular weight excluding hydrogens is 418 g/mol. The monoisotopic (exact) mass is 441 g/mol. The molecule has 1 aromatic carbocycles. The van der Waals surface area contributed by atoms with Crippen LogP contribution in [0.3, 0.4) is 0 Å². The first-order valence-electron chi connectivity index (χ1n) is 9.87. The number of rotatable bonds is 7. The number of nitrogens with two attached hydrogens (primary N) is 1. The van der Waals surface area contributed by atoms with Gasteiger partial charge in [0.25, 0.3) is 5.91 Å². The summed E-state index contributed by atoms with van der Waals surface area (Å²) >= 11 is 6.31. The second-order valence-electron chi connectivity index (χ2n) is 7.27. The van der Waals surface area contributed by atoms with Crippen LogP contribution in [0.2, 0.25) is 5.02 Å². The van der Waals surface area contributed by atoms with Gasteiger partial charge in [-0.3, -0.25) is 4.79 Å². The summed E-state index contributed by atoms with van der Waals surface area (Å²) < 4.78 is 10.7. The maximum Gasteiger partial charge on any atom is 0.255 e. The molecule has 162 valence electrons. The highest BCUT2D eigenvalue weighted by Crippen LogP contribution is 2.43. The largest absolute Gasteiger partial charge is 0.493 e. The quantitative estimate of drug-likeness (QED) is 0.441. The number of nitrogens with one attached hydrogen (secondary N) is 3. The van der Waals surface area contributed by atoms with Crippen LogP contribution in [0.5, 0.6) is 5.75 Å². The van der Waals surface area contributed by atoms with Gasteiger partial charge >= 0.3 is 0 Å². The van der Waals surface area contributed by atoms with E-state index in [-0.39, 0.29) is 11.8 Å². The summed E-state index contributed by atoms with van der Waals surface area (Å²) in [6.07, 6.45) is 2.40. The van der Waals surface area contributed by atoms with Crippen molar-refractivity contribution < 1.29 is 14.3 Å². The third kappa shape index (κ3) is 4.04. The van der Waals surface area contributed by atoms with E-state index in [0.717, 1.165) is 23.4 Å². The molecule has 1 atom stereocenters. The smallest absolute Gasteiger partial charge is 0.255 e. The lowest BCUT2D eigenvalue weighted by atomic mass is 9.94. The molecule has 0 bridgehead atoms. The first-order chi connectivity index (χ1) is 15.0. The second kappa shape index (κ2) is 8.87. The Morgan fingerprint density at radius 3 is 2.90 bits per heavy atom. The lowest BCUT2D eigenvalue weighted by Crippen LogP contribution is -2.35. The standard InChI is InChI=1S/C22H24ClN5O3/c1-30-9-7-13-11-26-22(29)17-18(13)28-19(12-6-8-25-16(24)10-12)20(17)27-15-5-3-4-14(23)21(15)31-2/h3-6,8,10,13,27-28H,7,9,11H2,1-2H3,(H2,24,25)(H,26,29). The van der Waals surface area contributed by atoms with Crippen LogP contribution in [0.4, 0.5) is 17.2 Å². The Morgan fingerprint density at radius 1 is 1.32 bits per heavy atom. The zero-order valence-corrected chi connectivity index (χ0v) is 18.0. The van der Waals surface area contributed by atoms with Gasteiger partial charge in [0.05, 0.1) is 34.8 Å². The molecule has 3 aromatic rings. The Labute approximate surface area is 185 Å². The highest BCUT2D eigenvalue weighted by atomic mass is 35.5. The number of pyridine rings is 1. The number of benzene rings is 1. The normalized spacial score (nSPS) is 15.3. The van der Waals surface area contributed by atoms with Gasteiger partial charge in [-0.05, 0) is 30.7 Å². The van der Waals surface area contributed by atoms with Gasteiger partial charge in [0.15, 0.2) is 5.75 Å². The Balaban J connectivity index is 1.89. The maximum atomic E-state index is 13.0. The number of methoxy groups -OCH3 is 2. The predicted octanol–water partition coefficient (Wildman–Crippen LogP) is 3.93. The van der Waals surface area contributed by atoms with Gasteiger partial charge in [0, 0.05) is 43.6 Å². The van der Waals surface area contributed by atoms with Crippen molar-refractivity contribution in [1.29, 1.82) is 0 Å². The van der Waals surface area contributed by atoms with Crippen molar-refractivity contribution in [3.63, 3.8) is 0 Å². The Bertz CT molecular complexity index is 1110. The SMILES string of the molecule is COCCC1CNC(=O)c2c1[nH]c(-c1ccnc(N)c1)c2Nc1cccc(Cl)c1OC. The first kappa shape index (κ1) is 21.0. The number of amides is 1. The molecule has 9 heteroatoms. The Kier molecular flexibility index (Phi) is 6.01. The van der Waals surface area contributed by atoms with Gasteiger partial charge in [-0.2, -0.15) is 0 Å². The van der Waals surface area contributed by atoms with E-state index in [1.165, 1.54) is 0 Å². The third-order valence-corrected chi connectivity index (χ3v) is 5.64. The molecule has 4 rings (SSSR count). The molecule has 3 heterocycles. The van der Waals surface area contributed by atoms with Crippen molar-refractivity contribution in [2.75, 3.05) is 38.4 Å². The summed E-state index contributed by atoms with van der Waals surface area (Å²) in [5, 5.41) is 6.83. The minimum atomic E-state index is -0.156. The minimum Gasteiger partial charge on any atom is -0.493 e. The number of H-pyrrole nitrogens is 1. The molecule has 5 N–H and O–H groups in total. The molecule has 1 aliphatic heterocycles. The van der Waals surface area contributed by atoms with Gasteiger partial charge in [-0.1, -0.05) is 17.7 Å². The minimum absolute atomic E-state index is 0.0855. The van der Waals surface area contributed by atoms with Gasteiger partial charge in [0.1, 0.15) is 5.82 Å². The fourth-order valence-electron chi connectivity index (χ4n) is 3.87. The molecule has 8 nitrogen and oxygen atoms in total. The Hall–Kier alpha value is -3.23. The highest BCUT2D eigenvalue weighted by Gasteiger charge is 2.33. The van der Waals surface area contributed by atoms with Gasteiger partial charge in [-0.25, -0.2) is 4.98 Å². The number of aromatic nitrogens is 2. The number of aromatic amines is 1. The van der Waals surface area contributed by atoms with E-state index in [1.54, 1.807) is 32.5 Å². The number of halogens is 1. The Morgan fingerprint density at radius 2 is 2.16 bits per heavy atom. The molecule has 0 radical (unpaired) electrons. The summed E-state index contributed by atoms with van der Waals surface area (Å²) in [5.41, 5.74) is 10.2. The topological polar surface area (TPSA) is 114 Å². The predicted molar refractivity (Wildman–Crippen MR) is 121 cm³/mol. The van der Waals surface area contributed by atoms with E-state index in [4.69, 9.17) is 26.8 Å². The van der Waals surface area contributed by atoms with Gasteiger partial charge in [0.2, 0.25) is 0 Å². The second-order valence-corrected chi connectivity index (χ2v) is 7.67. The summed E-state index contributed by atoms with van der Waals surface area (Å²) in [6.45, 7) is 1.12. The number of para-hydroxylation sites is 1. The van der Waals surface area contributed by atoms with Crippen molar-refractivity contribution in [2.45, 2.75) is 12.3 Å². The van der Waals surface area contributed by atoms with Gasteiger partial charge in [-0.15, -0.1) is 0 Å². The van der Waals surface area contributed by atoms with Crippen LogP contribution in [0.25, 0.3) is 11.3 Å². The number of hydrogen-bond acceptors (Lipinski definition) is 6. The highest BCUT2D eigenvalue weighted by molar-refractivity contribution is 6.32. The van der Waals surface area contributed by atoms with Crippen LogP contribution in [-0.2, 0) is 4.74 Å². The fraction of sp³-hybridized carbons (Fsp3) is 0.273. The summed E-state index contributed by atoms with van der Waals surface area (Å²) in [7, 11) is 3.22. The van der Waals surface area contributed by atoms with Crippen molar-refractivity contribution in [3.8, 4) is 17.0 Å². The third-order valence-electron chi connectivity index (χ3n) is 5.34. The number of anilines is 3. The number of carbonyl (C=O) groups excluding carboxylic acids is 1. The van der Waals surface area contributed by atoms with E-state index in [1.807, 2.05) is 18.2 Å². The van der Waals surface area contributed by atoms with Gasteiger partial charge < -0.3 is 30.8 Å². The zero-order valence-electron chi connectivity index (χ0n) is 17.3.